The van der Waals surface area contributed by atoms with Crippen LogP contribution in [0.5, 0.6) is 0 Å². The average molecular weight is 322 g/mol. The highest BCUT2D eigenvalue weighted by Crippen LogP contribution is 2.25. The Morgan fingerprint density at radius 3 is 2.94 bits per heavy atom. The van der Waals surface area contributed by atoms with E-state index in [0.717, 1.165) is 43.5 Å². The zero-order valence-electron chi connectivity index (χ0n) is 10.1. The molecule has 17 heavy (non-hydrogen) atoms. The van der Waals surface area contributed by atoms with E-state index in [1.54, 1.807) is 0 Å². The Morgan fingerprint density at radius 2 is 2.35 bits per heavy atom. The van der Waals surface area contributed by atoms with Gasteiger partial charge in [0, 0.05) is 36.7 Å². The molecular weight excluding hydrogens is 302 g/mol. The third-order valence-electron chi connectivity index (χ3n) is 3.40. The molecule has 2 rings (SSSR count). The second-order valence-electron chi connectivity index (χ2n) is 4.64. The molecule has 2 atom stereocenters. The lowest BCUT2D eigenvalue weighted by Crippen LogP contribution is -2.44. The second-order valence-corrected chi connectivity index (χ2v) is 6.58. The molecule has 2 heterocycles. The zero-order valence-corrected chi connectivity index (χ0v) is 12.5. The summed E-state index contributed by atoms with van der Waals surface area (Å²) in [5.74, 6) is 2.57. The molecule has 0 radical (unpaired) electrons. The number of carbonyl (C=O) groups excluding carboxylic acids is 1. The van der Waals surface area contributed by atoms with Crippen molar-refractivity contribution in [3.05, 3.63) is 0 Å². The Morgan fingerprint density at radius 1 is 1.47 bits per heavy atom. The quantitative estimate of drug-likeness (QED) is 0.728. The molecule has 3 nitrogen and oxygen atoms in total. The number of amides is 1. The van der Waals surface area contributed by atoms with Crippen LogP contribution in [0, 0.1) is 0 Å². The molecule has 0 saturated carbocycles. The minimum atomic E-state index is 0.278. The van der Waals surface area contributed by atoms with Gasteiger partial charge in [-0.1, -0.05) is 15.9 Å². The van der Waals surface area contributed by atoms with Crippen molar-refractivity contribution in [3.63, 3.8) is 0 Å². The van der Waals surface area contributed by atoms with Crippen LogP contribution in [0.15, 0.2) is 0 Å². The number of alkyl halides is 1. The van der Waals surface area contributed by atoms with Crippen LogP contribution in [0.4, 0.5) is 0 Å². The van der Waals surface area contributed by atoms with Gasteiger partial charge in [0.2, 0.25) is 5.91 Å². The van der Waals surface area contributed by atoms with Crippen molar-refractivity contribution < 1.29 is 9.53 Å². The molecule has 1 amide bonds. The van der Waals surface area contributed by atoms with E-state index >= 15 is 0 Å². The van der Waals surface area contributed by atoms with Gasteiger partial charge in [-0.2, -0.15) is 11.8 Å². The predicted octanol–water partition coefficient (Wildman–Crippen LogP) is 2.28. The summed E-state index contributed by atoms with van der Waals surface area (Å²) in [4.78, 5) is 14.2. The Balaban J connectivity index is 1.92. The highest BCUT2D eigenvalue weighted by Gasteiger charge is 2.29. The van der Waals surface area contributed by atoms with Gasteiger partial charge in [0.25, 0.3) is 0 Å². The van der Waals surface area contributed by atoms with Gasteiger partial charge in [-0.15, -0.1) is 0 Å². The maximum Gasteiger partial charge on any atom is 0.223 e. The summed E-state index contributed by atoms with van der Waals surface area (Å²) >= 11 is 5.31. The van der Waals surface area contributed by atoms with Gasteiger partial charge >= 0.3 is 0 Å². The fourth-order valence-corrected chi connectivity index (χ4v) is 4.02. The third kappa shape index (κ3) is 3.86. The number of hydrogen-bond acceptors (Lipinski definition) is 3. The second kappa shape index (κ2) is 7.00. The van der Waals surface area contributed by atoms with Gasteiger partial charge < -0.3 is 9.64 Å². The van der Waals surface area contributed by atoms with E-state index in [1.165, 1.54) is 5.75 Å². The molecule has 0 spiro atoms. The van der Waals surface area contributed by atoms with Crippen LogP contribution >= 0.6 is 27.7 Å². The van der Waals surface area contributed by atoms with Crippen LogP contribution in [0.25, 0.3) is 0 Å². The molecule has 5 heteroatoms. The standard InChI is InChI=1S/C12H20BrNO2S/c13-5-3-12(15)14(10-4-7-17-9-10)8-11-2-1-6-16-11/h10-11H,1-9H2. The minimum absolute atomic E-state index is 0.278. The molecule has 2 aliphatic heterocycles. The van der Waals surface area contributed by atoms with Crippen molar-refractivity contribution in [3.8, 4) is 0 Å². The molecule has 0 aromatic heterocycles. The van der Waals surface area contributed by atoms with Crippen molar-refractivity contribution in [1.82, 2.24) is 4.90 Å². The average Bonchev–Trinajstić information content (AvgIpc) is 2.99. The topological polar surface area (TPSA) is 29.5 Å². The van der Waals surface area contributed by atoms with E-state index in [4.69, 9.17) is 4.74 Å². The van der Waals surface area contributed by atoms with Gasteiger partial charge in [0.05, 0.1) is 6.10 Å². The molecule has 2 fully saturated rings. The summed E-state index contributed by atoms with van der Waals surface area (Å²) in [7, 11) is 0. The van der Waals surface area contributed by atoms with E-state index in [2.05, 4.69) is 20.8 Å². The van der Waals surface area contributed by atoms with Gasteiger partial charge in [0.1, 0.15) is 0 Å². The lowest BCUT2D eigenvalue weighted by atomic mass is 10.1. The number of nitrogens with zero attached hydrogens (tertiary/aromatic N) is 1. The number of halogens is 1. The van der Waals surface area contributed by atoms with E-state index in [9.17, 15) is 4.79 Å². The fourth-order valence-electron chi connectivity index (χ4n) is 2.45. The zero-order chi connectivity index (χ0) is 12.1. The summed E-state index contributed by atoms with van der Waals surface area (Å²) in [5, 5.41) is 0.758. The van der Waals surface area contributed by atoms with Crippen molar-refractivity contribution >= 4 is 33.6 Å². The smallest absolute Gasteiger partial charge is 0.223 e. The van der Waals surface area contributed by atoms with Crippen LogP contribution < -0.4 is 0 Å². The van der Waals surface area contributed by atoms with E-state index in [1.807, 2.05) is 11.8 Å². The van der Waals surface area contributed by atoms with Gasteiger partial charge in [-0.05, 0) is 25.0 Å². The van der Waals surface area contributed by atoms with Gasteiger partial charge in [-0.3, -0.25) is 4.79 Å². The molecule has 0 aromatic rings. The molecule has 0 aliphatic carbocycles. The van der Waals surface area contributed by atoms with Gasteiger partial charge in [0.15, 0.2) is 0 Å². The van der Waals surface area contributed by atoms with Gasteiger partial charge in [-0.25, -0.2) is 0 Å². The molecule has 2 saturated heterocycles. The predicted molar refractivity (Wildman–Crippen MR) is 74.8 cm³/mol. The number of ether oxygens (including phenoxy) is 1. The highest BCUT2D eigenvalue weighted by atomic mass is 79.9. The van der Waals surface area contributed by atoms with Crippen molar-refractivity contribution in [2.24, 2.45) is 0 Å². The Bertz CT molecular complexity index is 253. The minimum Gasteiger partial charge on any atom is -0.376 e. The first-order chi connectivity index (χ1) is 8.31. The first-order valence-corrected chi connectivity index (χ1v) is 8.63. The van der Waals surface area contributed by atoms with Crippen LogP contribution in [-0.4, -0.2) is 52.9 Å². The monoisotopic (exact) mass is 321 g/mol. The molecule has 0 N–H and O–H groups in total. The largest absolute Gasteiger partial charge is 0.376 e. The van der Waals surface area contributed by atoms with Crippen LogP contribution in [0.3, 0.4) is 0 Å². The lowest BCUT2D eigenvalue weighted by molar-refractivity contribution is -0.134. The Kier molecular flexibility index (Phi) is 5.63. The summed E-state index contributed by atoms with van der Waals surface area (Å²) in [6.07, 6.45) is 4.28. The maximum atomic E-state index is 12.1. The molecule has 2 aliphatic rings. The number of thioether (sulfide) groups is 1. The number of carbonyl (C=O) groups is 1. The summed E-state index contributed by atoms with van der Waals surface area (Å²) in [6.45, 7) is 1.67. The normalized spacial score (nSPS) is 28.5. The Labute approximate surface area is 116 Å². The molecule has 2 unspecified atom stereocenters. The molecular formula is C12H20BrNO2S. The fraction of sp³-hybridized carbons (Fsp3) is 0.917. The van der Waals surface area contributed by atoms with Crippen LogP contribution in [-0.2, 0) is 9.53 Å². The third-order valence-corrected chi connectivity index (χ3v) is 4.94. The van der Waals surface area contributed by atoms with E-state index in [-0.39, 0.29) is 12.0 Å². The summed E-state index contributed by atoms with van der Waals surface area (Å²) in [6, 6.07) is 0.441. The molecule has 0 aromatic carbocycles. The summed E-state index contributed by atoms with van der Waals surface area (Å²) in [5.41, 5.74) is 0. The Hall–Kier alpha value is 0.260. The van der Waals surface area contributed by atoms with Crippen LogP contribution in [0.1, 0.15) is 25.7 Å². The van der Waals surface area contributed by atoms with Crippen molar-refractivity contribution in [2.45, 2.75) is 37.8 Å². The van der Waals surface area contributed by atoms with E-state index in [0.29, 0.717) is 12.5 Å². The van der Waals surface area contributed by atoms with Crippen molar-refractivity contribution in [2.75, 3.05) is 30.0 Å². The lowest BCUT2D eigenvalue weighted by Gasteiger charge is -2.30. The first-order valence-electron chi connectivity index (χ1n) is 6.36. The van der Waals surface area contributed by atoms with E-state index < -0.39 is 0 Å². The highest BCUT2D eigenvalue weighted by molar-refractivity contribution is 9.09. The van der Waals surface area contributed by atoms with Crippen LogP contribution in [0.2, 0.25) is 0 Å². The van der Waals surface area contributed by atoms with Crippen molar-refractivity contribution in [1.29, 1.82) is 0 Å². The first kappa shape index (κ1) is 13.7. The maximum absolute atomic E-state index is 12.1. The molecule has 0 bridgehead atoms. The number of hydrogen-bond donors (Lipinski definition) is 0. The molecule has 98 valence electrons. The number of rotatable bonds is 5. The summed E-state index contributed by atoms with van der Waals surface area (Å²) < 4.78 is 5.66. The SMILES string of the molecule is O=C(CCBr)N(CC1CCCO1)C1CCSC1.